The van der Waals surface area contributed by atoms with E-state index in [0.717, 1.165) is 56.9 Å². The van der Waals surface area contributed by atoms with Gasteiger partial charge in [-0.25, -0.2) is 0 Å². The number of methoxy groups -OCH3 is 1. The van der Waals surface area contributed by atoms with Crippen LogP contribution in [0.15, 0.2) is 24.3 Å². The molecule has 4 rings (SSSR count). The minimum absolute atomic E-state index is 0.375. The van der Waals surface area contributed by atoms with Crippen LogP contribution in [0.1, 0.15) is 32.1 Å². The summed E-state index contributed by atoms with van der Waals surface area (Å²) in [7, 11) is 1.73. The van der Waals surface area contributed by atoms with Crippen molar-refractivity contribution in [2.45, 2.75) is 32.1 Å². The summed E-state index contributed by atoms with van der Waals surface area (Å²) in [6.45, 7) is 6.66. The molecule has 1 amide bonds. The van der Waals surface area contributed by atoms with Gasteiger partial charge < -0.3 is 19.4 Å². The number of piperazine rings is 1. The number of benzene rings is 1. The predicted molar refractivity (Wildman–Crippen MR) is 107 cm³/mol. The van der Waals surface area contributed by atoms with Crippen LogP contribution in [-0.2, 0) is 4.79 Å². The molecule has 2 atom stereocenters. The number of nitrogens with one attached hydrogen (secondary N) is 1. The van der Waals surface area contributed by atoms with Crippen LogP contribution < -0.4 is 14.5 Å². The molecule has 3 fully saturated rings. The molecule has 27 heavy (non-hydrogen) atoms. The maximum absolute atomic E-state index is 12.9. The Balaban J connectivity index is 1.27. The van der Waals surface area contributed by atoms with Gasteiger partial charge in [0, 0.05) is 13.1 Å². The summed E-state index contributed by atoms with van der Waals surface area (Å²) in [5.41, 5.74) is 1.17. The van der Waals surface area contributed by atoms with E-state index in [2.05, 4.69) is 21.9 Å². The molecule has 1 aromatic carbocycles. The molecule has 3 aliphatic rings. The first-order valence-electron chi connectivity index (χ1n) is 10.7. The summed E-state index contributed by atoms with van der Waals surface area (Å²) in [5.74, 6) is 2.97. The molecule has 2 heterocycles. The fraction of sp³-hybridized carbons (Fsp3) is 0.682. The Morgan fingerprint density at radius 3 is 2.59 bits per heavy atom. The summed E-state index contributed by atoms with van der Waals surface area (Å²) < 4.78 is 5.50. The highest BCUT2D eigenvalue weighted by molar-refractivity contribution is 5.77. The first-order valence-corrected chi connectivity index (χ1v) is 10.7. The van der Waals surface area contributed by atoms with E-state index in [-0.39, 0.29) is 0 Å². The lowest BCUT2D eigenvalue weighted by atomic mass is 9.75. The average molecular weight is 373 g/mol. The van der Waals surface area contributed by atoms with Crippen LogP contribution in [0.5, 0.6) is 5.75 Å². The Hall–Kier alpha value is -1.75. The van der Waals surface area contributed by atoms with Crippen molar-refractivity contribution in [1.29, 1.82) is 0 Å². The van der Waals surface area contributed by atoms with Gasteiger partial charge in [-0.3, -0.25) is 4.79 Å². The molecule has 5 nitrogen and oxygen atoms in total. The fourth-order valence-electron chi connectivity index (χ4n) is 5.28. The highest BCUT2D eigenvalue weighted by Gasteiger charge is 2.34. The van der Waals surface area contributed by atoms with E-state index in [0.29, 0.717) is 12.5 Å². The van der Waals surface area contributed by atoms with E-state index in [4.69, 9.17) is 4.74 Å². The van der Waals surface area contributed by atoms with Crippen LogP contribution in [0.2, 0.25) is 0 Å². The smallest absolute Gasteiger partial charge is 0.277 e. The first kappa shape index (κ1) is 18.6. The van der Waals surface area contributed by atoms with Gasteiger partial charge in [0.15, 0.2) is 6.54 Å². The lowest BCUT2D eigenvalue weighted by Gasteiger charge is -2.41. The van der Waals surface area contributed by atoms with Crippen molar-refractivity contribution in [1.82, 2.24) is 4.90 Å². The molecule has 0 aromatic heterocycles. The van der Waals surface area contributed by atoms with Crippen molar-refractivity contribution < 1.29 is 14.4 Å². The molecule has 1 aliphatic carbocycles. The molecule has 1 aromatic rings. The largest absolute Gasteiger partial charge is 0.495 e. The molecule has 2 saturated heterocycles. The number of piperidine rings is 1. The first-order chi connectivity index (χ1) is 13.2. The number of anilines is 1. The number of carbonyl (C=O) groups is 1. The molecule has 1 saturated carbocycles. The van der Waals surface area contributed by atoms with Crippen LogP contribution in [0.25, 0.3) is 0 Å². The number of rotatable bonds is 4. The van der Waals surface area contributed by atoms with E-state index in [1.807, 2.05) is 12.1 Å². The number of carbonyl (C=O) groups excluding carboxylic acids is 1. The van der Waals surface area contributed by atoms with Gasteiger partial charge in [-0.1, -0.05) is 31.4 Å². The van der Waals surface area contributed by atoms with Gasteiger partial charge in [-0.05, 0) is 36.8 Å². The van der Waals surface area contributed by atoms with Crippen LogP contribution >= 0.6 is 0 Å². The molecule has 1 N–H and O–H groups in total. The topological polar surface area (TPSA) is 37.2 Å². The number of ether oxygens (including phenoxy) is 1. The van der Waals surface area contributed by atoms with E-state index in [9.17, 15) is 4.79 Å². The van der Waals surface area contributed by atoms with Crippen molar-refractivity contribution in [3.63, 3.8) is 0 Å². The number of quaternary nitrogens is 1. The van der Waals surface area contributed by atoms with Crippen molar-refractivity contribution in [2.75, 3.05) is 57.8 Å². The zero-order valence-electron chi connectivity index (χ0n) is 16.7. The van der Waals surface area contributed by atoms with Gasteiger partial charge >= 0.3 is 0 Å². The van der Waals surface area contributed by atoms with Crippen molar-refractivity contribution in [3.05, 3.63) is 24.3 Å². The molecule has 0 spiro atoms. The van der Waals surface area contributed by atoms with Gasteiger partial charge in [0.1, 0.15) is 5.75 Å². The average Bonchev–Trinajstić information content (AvgIpc) is 2.74. The minimum Gasteiger partial charge on any atom is -0.495 e. The second-order valence-electron chi connectivity index (χ2n) is 8.52. The lowest BCUT2D eigenvalue weighted by molar-refractivity contribution is -0.892. The monoisotopic (exact) mass is 372 g/mol. The fourth-order valence-corrected chi connectivity index (χ4v) is 5.28. The summed E-state index contributed by atoms with van der Waals surface area (Å²) in [4.78, 5) is 18.9. The van der Waals surface area contributed by atoms with Crippen LogP contribution in [0.3, 0.4) is 0 Å². The second-order valence-corrected chi connectivity index (χ2v) is 8.52. The molecular weight excluding hydrogens is 338 g/mol. The molecule has 0 unspecified atom stereocenters. The normalized spacial score (nSPS) is 26.6. The second kappa shape index (κ2) is 8.51. The molecule has 2 aliphatic heterocycles. The number of fused-ring (bicyclic) bond motifs is 1. The number of hydrogen-bond acceptors (Lipinski definition) is 3. The Bertz CT molecular complexity index is 642. The minimum atomic E-state index is 0.375. The van der Waals surface area contributed by atoms with Gasteiger partial charge in [-0.2, -0.15) is 0 Å². The number of likely N-dealkylation sites (tertiary alicyclic amines) is 1. The Morgan fingerprint density at radius 2 is 1.81 bits per heavy atom. The van der Waals surface area contributed by atoms with Gasteiger partial charge in [0.25, 0.3) is 5.91 Å². The molecule has 148 valence electrons. The Morgan fingerprint density at radius 1 is 1.07 bits per heavy atom. The summed E-state index contributed by atoms with van der Waals surface area (Å²) in [6.07, 6.45) is 6.71. The lowest BCUT2D eigenvalue weighted by Crippen LogP contribution is -3.16. The van der Waals surface area contributed by atoms with Gasteiger partial charge in [0.2, 0.25) is 0 Å². The zero-order valence-corrected chi connectivity index (χ0v) is 16.7. The number of hydrogen-bond donors (Lipinski definition) is 1. The SMILES string of the molecule is COc1ccccc1N1CC[NH+](CC(=O)N2CC[C@H]3CCCC[C@@H]3C2)CC1. The maximum atomic E-state index is 12.9. The maximum Gasteiger partial charge on any atom is 0.277 e. The molecule has 5 heteroatoms. The standard InChI is InChI=1S/C22H33N3O2/c1-27-21-9-5-4-8-20(21)24-14-12-23(13-15-24)17-22(26)25-11-10-18-6-2-3-7-19(18)16-25/h4-5,8-9,18-19H,2-3,6-7,10-17H2,1H3/p+1/t18-,19-/m1/s1. The van der Waals surface area contributed by atoms with E-state index >= 15 is 0 Å². The molecule has 0 bridgehead atoms. The third-order valence-electron chi connectivity index (χ3n) is 6.94. The third kappa shape index (κ3) is 4.23. The number of para-hydroxylation sites is 2. The highest BCUT2D eigenvalue weighted by Crippen LogP contribution is 2.36. The molecular formula is C22H34N3O2+. The van der Waals surface area contributed by atoms with Gasteiger partial charge in [-0.15, -0.1) is 0 Å². The van der Waals surface area contributed by atoms with Crippen LogP contribution in [0.4, 0.5) is 5.69 Å². The van der Waals surface area contributed by atoms with Crippen LogP contribution in [-0.4, -0.2) is 63.7 Å². The number of amides is 1. The Labute approximate surface area is 163 Å². The summed E-state index contributed by atoms with van der Waals surface area (Å²) in [5, 5.41) is 0. The third-order valence-corrected chi connectivity index (χ3v) is 6.94. The predicted octanol–water partition coefficient (Wildman–Crippen LogP) is 1.44. The van der Waals surface area contributed by atoms with Gasteiger partial charge in [0.05, 0.1) is 39.0 Å². The van der Waals surface area contributed by atoms with Crippen molar-refractivity contribution in [3.8, 4) is 5.75 Å². The highest BCUT2D eigenvalue weighted by atomic mass is 16.5. The van der Waals surface area contributed by atoms with E-state index < -0.39 is 0 Å². The number of nitrogens with zero attached hydrogens (tertiary/aromatic N) is 2. The van der Waals surface area contributed by atoms with E-state index in [1.54, 1.807) is 7.11 Å². The van der Waals surface area contributed by atoms with Crippen molar-refractivity contribution >= 4 is 11.6 Å². The van der Waals surface area contributed by atoms with Crippen molar-refractivity contribution in [2.24, 2.45) is 11.8 Å². The quantitative estimate of drug-likeness (QED) is 0.869. The summed E-state index contributed by atoms with van der Waals surface area (Å²) >= 11 is 0. The zero-order chi connectivity index (χ0) is 18.6. The Kier molecular flexibility index (Phi) is 5.86. The van der Waals surface area contributed by atoms with Crippen LogP contribution in [0, 0.1) is 11.8 Å². The van der Waals surface area contributed by atoms with E-state index in [1.165, 1.54) is 42.7 Å². The molecule has 0 radical (unpaired) electrons. The summed E-state index contributed by atoms with van der Waals surface area (Å²) in [6, 6.07) is 8.23.